The third-order valence-electron chi connectivity index (χ3n) is 3.09. The first-order valence-electron chi connectivity index (χ1n) is 6.37. The summed E-state index contributed by atoms with van der Waals surface area (Å²) in [5.74, 6) is 0.728. The Morgan fingerprint density at radius 3 is 2.67 bits per heavy atom. The molecule has 2 rings (SSSR count). The Balaban J connectivity index is 2.09. The first-order valence-corrected chi connectivity index (χ1v) is 8.77. The highest BCUT2D eigenvalue weighted by atomic mass is 79.9. The van der Waals surface area contributed by atoms with E-state index in [1.807, 2.05) is 12.1 Å². The average molecular weight is 373 g/mol. The van der Waals surface area contributed by atoms with Gasteiger partial charge in [0.2, 0.25) is 10.0 Å². The van der Waals surface area contributed by atoms with E-state index in [0.29, 0.717) is 6.42 Å². The van der Waals surface area contributed by atoms with Gasteiger partial charge in [-0.1, -0.05) is 34.1 Å². The van der Waals surface area contributed by atoms with Crippen LogP contribution in [0.5, 0.6) is 5.75 Å². The first-order chi connectivity index (χ1) is 9.92. The number of benzene rings is 1. The highest BCUT2D eigenvalue weighted by Crippen LogP contribution is 2.24. The first kappa shape index (κ1) is 16.1. The second-order valence-corrected chi connectivity index (χ2v) is 7.53. The van der Waals surface area contributed by atoms with E-state index in [1.54, 1.807) is 31.4 Å². The van der Waals surface area contributed by atoms with Gasteiger partial charge in [0.05, 0.1) is 7.11 Å². The molecular formula is C14H17BrN2O3S. The number of methoxy groups -OCH3 is 1. The molecule has 0 saturated carbocycles. The Labute approximate surface area is 133 Å². The van der Waals surface area contributed by atoms with Crippen LogP contribution < -0.4 is 15.2 Å². The summed E-state index contributed by atoms with van der Waals surface area (Å²) in [5.41, 5.74) is 6.90. The van der Waals surface area contributed by atoms with Gasteiger partial charge >= 0.3 is 0 Å². The van der Waals surface area contributed by atoms with Gasteiger partial charge in [0.25, 0.3) is 0 Å². The number of rotatable bonds is 5. The molecule has 0 bridgehead atoms. The summed E-state index contributed by atoms with van der Waals surface area (Å²) in [7, 11) is -2.04. The normalized spacial score (nSPS) is 18.9. The van der Waals surface area contributed by atoms with Gasteiger partial charge in [-0.15, -0.1) is 0 Å². The highest BCUT2D eigenvalue weighted by Gasteiger charge is 2.23. The van der Waals surface area contributed by atoms with Gasteiger partial charge in [-0.2, -0.15) is 0 Å². The van der Waals surface area contributed by atoms with Gasteiger partial charge in [-0.3, -0.25) is 0 Å². The van der Waals surface area contributed by atoms with Crippen molar-refractivity contribution in [2.75, 3.05) is 7.11 Å². The number of ether oxygens (including phenoxy) is 1. The third-order valence-corrected chi connectivity index (χ3v) is 5.21. The van der Waals surface area contributed by atoms with Crippen molar-refractivity contribution in [1.29, 1.82) is 0 Å². The molecule has 1 aliphatic carbocycles. The van der Waals surface area contributed by atoms with E-state index in [2.05, 4.69) is 20.7 Å². The van der Waals surface area contributed by atoms with Crippen LogP contribution in [0.15, 0.2) is 47.0 Å². The molecule has 3 N–H and O–H groups in total. The number of sulfonamides is 1. The molecule has 1 aliphatic rings. The van der Waals surface area contributed by atoms with Crippen LogP contribution >= 0.6 is 15.9 Å². The van der Waals surface area contributed by atoms with Gasteiger partial charge in [-0.25, -0.2) is 13.1 Å². The van der Waals surface area contributed by atoms with Crippen molar-refractivity contribution < 1.29 is 13.2 Å². The molecule has 0 amide bonds. The molecule has 0 radical (unpaired) electrons. The number of nitrogens with one attached hydrogen (secondary N) is 1. The van der Waals surface area contributed by atoms with Crippen LogP contribution in [0.1, 0.15) is 12.0 Å². The van der Waals surface area contributed by atoms with Gasteiger partial charge in [-0.05, 0) is 30.2 Å². The quantitative estimate of drug-likeness (QED) is 0.774. The Morgan fingerprint density at radius 1 is 1.38 bits per heavy atom. The number of allylic oxidation sites excluding steroid dienone is 2. The number of nitrogens with two attached hydrogens (primary N) is 1. The molecule has 0 aliphatic heterocycles. The number of halogens is 1. The summed E-state index contributed by atoms with van der Waals surface area (Å²) >= 11 is 3.38. The molecule has 1 atom stereocenters. The van der Waals surface area contributed by atoms with E-state index >= 15 is 0 Å². The van der Waals surface area contributed by atoms with Crippen molar-refractivity contribution in [3.8, 4) is 5.75 Å². The zero-order valence-corrected chi connectivity index (χ0v) is 13.9. The fourth-order valence-electron chi connectivity index (χ4n) is 1.91. The SMILES string of the molecule is COc1ccc(CNS(=O)(=O)C2=CC(Br)CC=C2N)cc1. The molecule has 0 aromatic heterocycles. The van der Waals surface area contributed by atoms with Crippen LogP contribution in [-0.4, -0.2) is 20.4 Å². The number of hydrogen-bond donors (Lipinski definition) is 2. The lowest BCUT2D eigenvalue weighted by atomic mass is 10.1. The van der Waals surface area contributed by atoms with E-state index in [1.165, 1.54) is 0 Å². The number of alkyl halides is 1. The largest absolute Gasteiger partial charge is 0.497 e. The van der Waals surface area contributed by atoms with E-state index in [9.17, 15) is 8.42 Å². The van der Waals surface area contributed by atoms with E-state index in [-0.39, 0.29) is 22.0 Å². The molecule has 5 nitrogen and oxygen atoms in total. The Morgan fingerprint density at radius 2 is 2.05 bits per heavy atom. The van der Waals surface area contributed by atoms with Crippen LogP contribution in [-0.2, 0) is 16.6 Å². The second-order valence-electron chi connectivity index (χ2n) is 4.61. The van der Waals surface area contributed by atoms with Crippen LogP contribution in [0.2, 0.25) is 0 Å². The van der Waals surface area contributed by atoms with Crippen molar-refractivity contribution in [3.05, 3.63) is 52.6 Å². The minimum absolute atomic E-state index is 0.0163. The van der Waals surface area contributed by atoms with Gasteiger partial charge in [0, 0.05) is 17.1 Å². The zero-order valence-electron chi connectivity index (χ0n) is 11.5. The van der Waals surface area contributed by atoms with E-state index < -0.39 is 10.0 Å². The number of hydrogen-bond acceptors (Lipinski definition) is 4. The van der Waals surface area contributed by atoms with Gasteiger partial charge in [0.15, 0.2) is 0 Å². The molecule has 1 unspecified atom stereocenters. The Hall–Kier alpha value is -1.31. The molecule has 114 valence electrons. The zero-order chi connectivity index (χ0) is 15.5. The molecule has 0 spiro atoms. The maximum Gasteiger partial charge on any atom is 0.242 e. The maximum atomic E-state index is 12.3. The highest BCUT2D eigenvalue weighted by molar-refractivity contribution is 9.09. The Kier molecular flexibility index (Phi) is 5.08. The second kappa shape index (κ2) is 6.64. The van der Waals surface area contributed by atoms with E-state index in [0.717, 1.165) is 11.3 Å². The predicted octanol–water partition coefficient (Wildman–Crippen LogP) is 2.01. The summed E-state index contributed by atoms with van der Waals surface area (Å²) in [6, 6.07) is 7.19. The van der Waals surface area contributed by atoms with Crippen molar-refractivity contribution in [2.24, 2.45) is 5.73 Å². The van der Waals surface area contributed by atoms with Crippen LogP contribution in [0.25, 0.3) is 0 Å². The van der Waals surface area contributed by atoms with Crippen LogP contribution in [0.3, 0.4) is 0 Å². The van der Waals surface area contributed by atoms with Crippen LogP contribution in [0.4, 0.5) is 0 Å². The smallest absolute Gasteiger partial charge is 0.242 e. The van der Waals surface area contributed by atoms with E-state index in [4.69, 9.17) is 10.5 Å². The molecule has 7 heteroatoms. The minimum Gasteiger partial charge on any atom is -0.497 e. The molecule has 1 aromatic rings. The summed E-state index contributed by atoms with van der Waals surface area (Å²) in [5, 5.41) is 0. The molecule has 1 aromatic carbocycles. The average Bonchev–Trinajstić information content (AvgIpc) is 2.48. The molecule has 0 saturated heterocycles. The van der Waals surface area contributed by atoms with Gasteiger partial charge < -0.3 is 10.5 Å². The summed E-state index contributed by atoms with van der Waals surface area (Å²) < 4.78 is 32.2. The topological polar surface area (TPSA) is 81.4 Å². The van der Waals surface area contributed by atoms with Gasteiger partial charge in [0.1, 0.15) is 10.7 Å². The lowest BCUT2D eigenvalue weighted by molar-refractivity contribution is 0.414. The lowest BCUT2D eigenvalue weighted by Crippen LogP contribution is -2.28. The van der Waals surface area contributed by atoms with Crippen molar-refractivity contribution in [3.63, 3.8) is 0 Å². The monoisotopic (exact) mass is 372 g/mol. The third kappa shape index (κ3) is 4.09. The summed E-state index contributed by atoms with van der Waals surface area (Å²) in [6.45, 7) is 0.198. The lowest BCUT2D eigenvalue weighted by Gasteiger charge is -2.16. The fraction of sp³-hybridized carbons (Fsp3) is 0.286. The van der Waals surface area contributed by atoms with Crippen LogP contribution in [0, 0.1) is 0 Å². The maximum absolute atomic E-state index is 12.3. The van der Waals surface area contributed by atoms with Crippen molar-refractivity contribution in [1.82, 2.24) is 4.72 Å². The van der Waals surface area contributed by atoms with Crippen molar-refractivity contribution in [2.45, 2.75) is 17.8 Å². The molecule has 21 heavy (non-hydrogen) atoms. The standard InChI is InChI=1S/C14H17BrN2O3S/c1-20-12-5-2-10(3-6-12)9-17-21(18,19)14-8-11(15)4-7-13(14)16/h2-3,5-8,11,17H,4,9,16H2,1H3. The summed E-state index contributed by atoms with van der Waals surface area (Å²) in [4.78, 5) is 0.112. The molecular weight excluding hydrogens is 356 g/mol. The Bertz CT molecular complexity index is 666. The predicted molar refractivity (Wildman–Crippen MR) is 86.4 cm³/mol. The molecule has 0 fully saturated rings. The fourth-order valence-corrected chi connectivity index (χ4v) is 3.79. The minimum atomic E-state index is -3.62. The summed E-state index contributed by atoms with van der Waals surface area (Å²) in [6.07, 6.45) is 4.01. The molecule has 0 heterocycles. The van der Waals surface area contributed by atoms with Crippen molar-refractivity contribution >= 4 is 26.0 Å².